The molecule has 6 N–H and O–H groups in total. The number of amides is 3. The highest BCUT2D eigenvalue weighted by Crippen LogP contribution is 2.20. The molecule has 0 aromatic heterocycles. The lowest BCUT2D eigenvalue weighted by Gasteiger charge is -2.17. The largest absolute Gasteiger partial charge is 0.455 e. The van der Waals surface area contributed by atoms with Gasteiger partial charge >= 0.3 is 12.0 Å². The van der Waals surface area contributed by atoms with Crippen LogP contribution in [0.4, 0.5) is 10.5 Å². The van der Waals surface area contributed by atoms with Crippen LogP contribution in [0.15, 0.2) is 53.4 Å². The van der Waals surface area contributed by atoms with Gasteiger partial charge in [-0.2, -0.15) is 0 Å². The number of nitrogens with two attached hydrogens (primary N) is 2. The number of primary amides is 1. The number of rotatable bonds is 8. The number of carbonyl (C=O) groups is 3. The van der Waals surface area contributed by atoms with Crippen molar-refractivity contribution in [3.05, 3.63) is 59.1 Å². The molecule has 0 spiro atoms. The molecule has 2 aromatic carbocycles. The average molecular weight is 455 g/mol. The van der Waals surface area contributed by atoms with E-state index in [1.54, 1.807) is 24.3 Å². The zero-order valence-electron chi connectivity index (χ0n) is 15.5. The van der Waals surface area contributed by atoms with Crippen LogP contribution in [0, 0.1) is 0 Å². The van der Waals surface area contributed by atoms with Gasteiger partial charge in [-0.15, -0.1) is 0 Å². The molecule has 0 saturated heterocycles. The number of primary sulfonamides is 1. The van der Waals surface area contributed by atoms with Gasteiger partial charge in [0.1, 0.15) is 0 Å². The summed E-state index contributed by atoms with van der Waals surface area (Å²) < 4.78 is 27.6. The normalized spacial score (nSPS) is 11.9. The number of ether oxygens (including phenoxy) is 1. The second-order valence-corrected chi connectivity index (χ2v) is 8.10. The first-order valence-electron chi connectivity index (χ1n) is 8.44. The standard InChI is InChI=1S/C18H19ClN4O6S/c19-12-6-4-11(5-7-12)15(23-18(20)26)9-17(25)29-10-16(24)22-13-2-1-3-14(8-13)30(21,27)28/h1-8,15H,9-10H2,(H,22,24)(H3,20,23,26)(H2,21,27,28)/t15-/m1/s1. The first kappa shape index (κ1) is 23.1. The minimum atomic E-state index is -3.93. The molecule has 2 aromatic rings. The lowest BCUT2D eigenvalue weighted by molar-refractivity contribution is -0.147. The maximum atomic E-state index is 12.1. The molecule has 2 rings (SSSR count). The summed E-state index contributed by atoms with van der Waals surface area (Å²) in [7, 11) is -3.93. The Hall–Kier alpha value is -3.15. The van der Waals surface area contributed by atoms with Crippen molar-refractivity contribution in [1.29, 1.82) is 0 Å². The van der Waals surface area contributed by atoms with Crippen LogP contribution in [0.3, 0.4) is 0 Å². The molecule has 12 heteroatoms. The molecule has 0 aliphatic rings. The average Bonchev–Trinajstić information content (AvgIpc) is 2.66. The third-order valence-electron chi connectivity index (χ3n) is 3.77. The maximum absolute atomic E-state index is 12.1. The molecule has 160 valence electrons. The third-order valence-corrected chi connectivity index (χ3v) is 4.93. The molecule has 0 radical (unpaired) electrons. The molecule has 1 atom stereocenters. The molecule has 0 unspecified atom stereocenters. The second-order valence-electron chi connectivity index (χ2n) is 6.10. The molecule has 10 nitrogen and oxygen atoms in total. The number of halogens is 1. The third kappa shape index (κ3) is 7.35. The fourth-order valence-electron chi connectivity index (χ4n) is 2.44. The van der Waals surface area contributed by atoms with Gasteiger partial charge in [0.25, 0.3) is 5.91 Å². The van der Waals surface area contributed by atoms with Gasteiger partial charge in [-0.25, -0.2) is 18.4 Å². The van der Waals surface area contributed by atoms with Gasteiger partial charge in [-0.3, -0.25) is 9.59 Å². The van der Waals surface area contributed by atoms with Crippen molar-refractivity contribution in [1.82, 2.24) is 5.32 Å². The Morgan fingerprint density at radius 2 is 1.77 bits per heavy atom. The fourth-order valence-corrected chi connectivity index (χ4v) is 3.12. The summed E-state index contributed by atoms with van der Waals surface area (Å²) in [5, 5.41) is 10.3. The number of nitrogens with one attached hydrogen (secondary N) is 2. The fraction of sp³-hybridized carbons (Fsp3) is 0.167. The summed E-state index contributed by atoms with van der Waals surface area (Å²) in [6.45, 7) is -0.623. The van der Waals surface area contributed by atoms with E-state index in [0.717, 1.165) is 0 Å². The predicted octanol–water partition coefficient (Wildman–Crippen LogP) is 1.27. The Balaban J connectivity index is 1.94. The van der Waals surface area contributed by atoms with Gasteiger partial charge in [-0.05, 0) is 35.9 Å². The molecule has 30 heavy (non-hydrogen) atoms. The lowest BCUT2D eigenvalue weighted by atomic mass is 10.0. The van der Waals surface area contributed by atoms with E-state index in [9.17, 15) is 22.8 Å². The lowest BCUT2D eigenvalue weighted by Crippen LogP contribution is -2.35. The highest BCUT2D eigenvalue weighted by Gasteiger charge is 2.19. The summed E-state index contributed by atoms with van der Waals surface area (Å²) in [5.74, 6) is -1.46. The Labute approximate surface area is 177 Å². The van der Waals surface area contributed by atoms with Crippen molar-refractivity contribution in [3.8, 4) is 0 Å². The number of hydrogen-bond acceptors (Lipinski definition) is 6. The highest BCUT2D eigenvalue weighted by atomic mass is 35.5. The number of sulfonamides is 1. The van der Waals surface area contributed by atoms with Crippen LogP contribution in [0.5, 0.6) is 0 Å². The minimum Gasteiger partial charge on any atom is -0.455 e. The van der Waals surface area contributed by atoms with Crippen molar-refractivity contribution < 1.29 is 27.5 Å². The van der Waals surface area contributed by atoms with E-state index in [-0.39, 0.29) is 17.0 Å². The van der Waals surface area contributed by atoms with Crippen molar-refractivity contribution in [2.45, 2.75) is 17.4 Å². The van der Waals surface area contributed by atoms with E-state index >= 15 is 0 Å². The number of benzene rings is 2. The number of esters is 1. The van der Waals surface area contributed by atoms with Crippen LogP contribution in [-0.2, 0) is 24.3 Å². The van der Waals surface area contributed by atoms with Crippen LogP contribution in [-0.4, -0.2) is 32.9 Å². The summed E-state index contributed by atoms with van der Waals surface area (Å²) in [4.78, 5) is 35.1. The predicted molar refractivity (Wildman–Crippen MR) is 109 cm³/mol. The molecule has 0 heterocycles. The Morgan fingerprint density at radius 3 is 2.37 bits per heavy atom. The van der Waals surface area contributed by atoms with Crippen LogP contribution >= 0.6 is 11.6 Å². The van der Waals surface area contributed by atoms with Crippen LogP contribution in [0.1, 0.15) is 18.0 Å². The van der Waals surface area contributed by atoms with Gasteiger partial charge in [0.05, 0.1) is 17.4 Å². The highest BCUT2D eigenvalue weighted by molar-refractivity contribution is 7.89. The van der Waals surface area contributed by atoms with Gasteiger partial charge in [-0.1, -0.05) is 29.8 Å². The molecule has 0 aliphatic heterocycles. The van der Waals surface area contributed by atoms with Crippen molar-refractivity contribution in [2.24, 2.45) is 10.9 Å². The van der Waals surface area contributed by atoms with Crippen molar-refractivity contribution in [2.75, 3.05) is 11.9 Å². The van der Waals surface area contributed by atoms with E-state index in [0.29, 0.717) is 10.6 Å². The maximum Gasteiger partial charge on any atom is 0.312 e. The Kier molecular flexibility index (Phi) is 7.75. The quantitative estimate of drug-likeness (QED) is 0.437. The smallest absolute Gasteiger partial charge is 0.312 e. The first-order valence-corrected chi connectivity index (χ1v) is 10.4. The summed E-state index contributed by atoms with van der Waals surface area (Å²) in [6.07, 6.45) is -0.279. The van der Waals surface area contributed by atoms with Gasteiger partial charge in [0.2, 0.25) is 10.0 Å². The molecule has 0 fully saturated rings. The molecule has 0 aliphatic carbocycles. The Morgan fingerprint density at radius 1 is 1.10 bits per heavy atom. The number of hydrogen-bond donors (Lipinski definition) is 4. The first-order chi connectivity index (χ1) is 14.0. The minimum absolute atomic E-state index is 0.164. The van der Waals surface area contributed by atoms with E-state index in [1.165, 1.54) is 24.3 Å². The number of carbonyl (C=O) groups excluding carboxylic acids is 3. The number of urea groups is 1. The monoisotopic (exact) mass is 454 g/mol. The Bertz CT molecular complexity index is 1040. The molecule has 0 bridgehead atoms. The molecular weight excluding hydrogens is 436 g/mol. The van der Waals surface area contributed by atoms with E-state index in [1.807, 2.05) is 0 Å². The summed E-state index contributed by atoms with van der Waals surface area (Å²) in [5.41, 5.74) is 5.88. The van der Waals surface area contributed by atoms with E-state index < -0.39 is 40.6 Å². The van der Waals surface area contributed by atoms with Gasteiger partial charge < -0.3 is 21.1 Å². The summed E-state index contributed by atoms with van der Waals surface area (Å²) in [6, 6.07) is 10.1. The molecule has 3 amide bonds. The molecular formula is C18H19ClN4O6S. The van der Waals surface area contributed by atoms with Gasteiger partial charge in [0.15, 0.2) is 6.61 Å². The summed E-state index contributed by atoms with van der Waals surface area (Å²) >= 11 is 5.83. The second kappa shape index (κ2) is 10.1. The topological polar surface area (TPSA) is 171 Å². The SMILES string of the molecule is NC(=O)N[C@H](CC(=O)OCC(=O)Nc1cccc(S(N)(=O)=O)c1)c1ccc(Cl)cc1. The molecule has 0 saturated carbocycles. The van der Waals surface area contributed by atoms with Crippen molar-refractivity contribution >= 4 is 45.2 Å². The van der Waals surface area contributed by atoms with Crippen LogP contribution < -0.4 is 21.5 Å². The van der Waals surface area contributed by atoms with Gasteiger partial charge in [0, 0.05) is 10.7 Å². The van der Waals surface area contributed by atoms with Crippen LogP contribution in [0.25, 0.3) is 0 Å². The zero-order valence-corrected chi connectivity index (χ0v) is 17.1. The van der Waals surface area contributed by atoms with Crippen LogP contribution in [0.2, 0.25) is 5.02 Å². The zero-order chi connectivity index (χ0) is 22.3. The van der Waals surface area contributed by atoms with E-state index in [4.69, 9.17) is 27.2 Å². The van der Waals surface area contributed by atoms with E-state index in [2.05, 4.69) is 10.6 Å². The van der Waals surface area contributed by atoms with Crippen molar-refractivity contribution in [3.63, 3.8) is 0 Å². The number of anilines is 1.